The molecule has 0 radical (unpaired) electrons. The highest BCUT2D eigenvalue weighted by Crippen LogP contribution is 2.30. The van der Waals surface area contributed by atoms with E-state index in [9.17, 15) is 9.59 Å². The Balaban J connectivity index is 2.70. The van der Waals surface area contributed by atoms with E-state index < -0.39 is 5.97 Å². The number of esters is 1. The van der Waals surface area contributed by atoms with Crippen LogP contribution < -0.4 is 4.74 Å². The Labute approximate surface area is 118 Å². The first kappa shape index (κ1) is 15.5. The topological polar surface area (TPSA) is 43.4 Å². The fraction of sp³-hybridized carbons (Fsp3) is 0.333. The molecule has 1 aromatic rings. The van der Waals surface area contributed by atoms with E-state index in [0.717, 1.165) is 4.90 Å². The Kier molecular flexibility index (Phi) is 4.95. The number of thioether (sulfide) groups is 1. The fourth-order valence-corrected chi connectivity index (χ4v) is 1.82. The summed E-state index contributed by atoms with van der Waals surface area (Å²) >= 11 is 1.19. The monoisotopic (exact) mass is 278 g/mol. The van der Waals surface area contributed by atoms with Crippen LogP contribution in [0.15, 0.2) is 41.3 Å². The van der Waals surface area contributed by atoms with Gasteiger partial charge in [0, 0.05) is 15.9 Å². The van der Waals surface area contributed by atoms with Crippen LogP contribution in [0.3, 0.4) is 0 Å². The van der Waals surface area contributed by atoms with Crippen molar-refractivity contribution in [3.8, 4) is 5.75 Å². The molecular formula is C15H18O3S. The Morgan fingerprint density at radius 1 is 1.16 bits per heavy atom. The third-order valence-corrected chi connectivity index (χ3v) is 3.51. The second-order valence-electron chi connectivity index (χ2n) is 5.28. The first-order chi connectivity index (χ1) is 8.70. The Morgan fingerprint density at radius 3 is 2.11 bits per heavy atom. The summed E-state index contributed by atoms with van der Waals surface area (Å²) in [5.74, 6) is -0.00766. The highest BCUT2D eigenvalue weighted by Gasteiger charge is 2.22. The van der Waals surface area contributed by atoms with Gasteiger partial charge in [0.1, 0.15) is 5.75 Å². The number of rotatable bonds is 3. The van der Waals surface area contributed by atoms with Crippen LogP contribution in [-0.4, -0.2) is 11.1 Å². The summed E-state index contributed by atoms with van der Waals surface area (Å²) < 4.78 is 5.07. The zero-order chi connectivity index (χ0) is 14.6. The molecule has 0 saturated carbocycles. The van der Waals surface area contributed by atoms with Gasteiger partial charge >= 0.3 is 5.97 Å². The van der Waals surface area contributed by atoms with Crippen LogP contribution in [0.4, 0.5) is 0 Å². The molecule has 0 bridgehead atoms. The molecule has 0 aliphatic carbocycles. The molecule has 102 valence electrons. The minimum absolute atomic E-state index is 0.0965. The number of hydrogen-bond acceptors (Lipinski definition) is 4. The lowest BCUT2D eigenvalue weighted by molar-refractivity contribution is -0.130. The van der Waals surface area contributed by atoms with Gasteiger partial charge in [0.2, 0.25) is 0 Å². The highest BCUT2D eigenvalue weighted by molar-refractivity contribution is 8.13. The third-order valence-electron chi connectivity index (χ3n) is 2.21. The standard InChI is InChI=1S/C15H18O3S/c1-10(2)13(16)18-11-6-8-12(9-7-11)19-14(17)15(3,4)5/h6-9H,1H2,2-5H3. The van der Waals surface area contributed by atoms with Crippen molar-refractivity contribution in [2.24, 2.45) is 5.41 Å². The van der Waals surface area contributed by atoms with E-state index in [2.05, 4.69) is 6.58 Å². The van der Waals surface area contributed by atoms with Crippen molar-refractivity contribution in [2.45, 2.75) is 32.6 Å². The summed E-state index contributed by atoms with van der Waals surface area (Å²) in [5, 5.41) is 0.0965. The number of hydrogen-bond donors (Lipinski definition) is 0. The summed E-state index contributed by atoms with van der Waals surface area (Å²) in [6.45, 7) is 10.7. The molecule has 1 rings (SSSR count). The first-order valence-electron chi connectivity index (χ1n) is 5.90. The summed E-state index contributed by atoms with van der Waals surface area (Å²) in [6, 6.07) is 6.85. The lowest BCUT2D eigenvalue weighted by Crippen LogP contribution is -2.16. The van der Waals surface area contributed by atoms with E-state index in [1.807, 2.05) is 20.8 Å². The number of carbonyl (C=O) groups excluding carboxylic acids is 2. The summed E-state index contributed by atoms with van der Waals surface area (Å²) in [6.07, 6.45) is 0. The van der Waals surface area contributed by atoms with Crippen molar-refractivity contribution in [1.82, 2.24) is 0 Å². The van der Waals surface area contributed by atoms with Crippen molar-refractivity contribution in [2.75, 3.05) is 0 Å². The first-order valence-corrected chi connectivity index (χ1v) is 6.72. The van der Waals surface area contributed by atoms with E-state index in [-0.39, 0.29) is 10.5 Å². The number of carbonyl (C=O) groups is 2. The van der Waals surface area contributed by atoms with Crippen molar-refractivity contribution in [1.29, 1.82) is 0 Å². The van der Waals surface area contributed by atoms with E-state index in [1.54, 1.807) is 31.2 Å². The second-order valence-corrected chi connectivity index (χ2v) is 6.33. The minimum Gasteiger partial charge on any atom is -0.423 e. The van der Waals surface area contributed by atoms with Crippen LogP contribution in [0, 0.1) is 5.41 Å². The maximum Gasteiger partial charge on any atom is 0.338 e. The average molecular weight is 278 g/mol. The zero-order valence-electron chi connectivity index (χ0n) is 11.6. The second kappa shape index (κ2) is 6.06. The van der Waals surface area contributed by atoms with Crippen molar-refractivity contribution < 1.29 is 14.3 Å². The minimum atomic E-state index is -0.453. The molecule has 3 nitrogen and oxygen atoms in total. The molecule has 4 heteroatoms. The molecule has 0 aliphatic rings. The van der Waals surface area contributed by atoms with Gasteiger partial charge in [0.25, 0.3) is 0 Å². The largest absolute Gasteiger partial charge is 0.423 e. The summed E-state index contributed by atoms with van der Waals surface area (Å²) in [5.41, 5.74) is -0.0307. The number of ether oxygens (including phenoxy) is 1. The van der Waals surface area contributed by atoms with Gasteiger partial charge in [-0.1, -0.05) is 39.1 Å². The molecule has 0 aromatic heterocycles. The predicted molar refractivity (Wildman–Crippen MR) is 77.2 cm³/mol. The Bertz CT molecular complexity index is 495. The molecule has 0 heterocycles. The van der Waals surface area contributed by atoms with Gasteiger partial charge in [0.05, 0.1) is 0 Å². The highest BCUT2D eigenvalue weighted by atomic mass is 32.2. The molecule has 0 fully saturated rings. The van der Waals surface area contributed by atoms with Gasteiger partial charge in [-0.2, -0.15) is 0 Å². The van der Waals surface area contributed by atoms with Crippen LogP contribution in [0.2, 0.25) is 0 Å². The van der Waals surface area contributed by atoms with Gasteiger partial charge in [-0.3, -0.25) is 4.79 Å². The van der Waals surface area contributed by atoms with E-state index in [1.165, 1.54) is 11.8 Å². The smallest absolute Gasteiger partial charge is 0.338 e. The maximum absolute atomic E-state index is 11.9. The third kappa shape index (κ3) is 4.91. The van der Waals surface area contributed by atoms with Gasteiger partial charge < -0.3 is 4.74 Å². The van der Waals surface area contributed by atoms with Gasteiger partial charge in [-0.15, -0.1) is 0 Å². The van der Waals surface area contributed by atoms with Gasteiger partial charge in [0.15, 0.2) is 5.12 Å². The van der Waals surface area contributed by atoms with Crippen LogP contribution in [0.1, 0.15) is 27.7 Å². The molecule has 19 heavy (non-hydrogen) atoms. The van der Waals surface area contributed by atoms with Crippen molar-refractivity contribution in [3.63, 3.8) is 0 Å². The van der Waals surface area contributed by atoms with Crippen LogP contribution in [-0.2, 0) is 9.59 Å². The molecule has 0 spiro atoms. The van der Waals surface area contributed by atoms with Crippen LogP contribution >= 0.6 is 11.8 Å². The van der Waals surface area contributed by atoms with E-state index >= 15 is 0 Å². The fourth-order valence-electron chi connectivity index (χ4n) is 1.03. The number of benzene rings is 1. The lowest BCUT2D eigenvalue weighted by Gasteiger charge is -2.15. The summed E-state index contributed by atoms with van der Waals surface area (Å²) in [4.78, 5) is 24.0. The molecule has 0 N–H and O–H groups in total. The molecule has 0 saturated heterocycles. The van der Waals surface area contributed by atoms with Crippen molar-refractivity contribution >= 4 is 22.8 Å². The molecule has 0 unspecified atom stereocenters. The molecule has 1 aromatic carbocycles. The average Bonchev–Trinajstić information content (AvgIpc) is 2.30. The predicted octanol–water partition coefficient (Wildman–Crippen LogP) is 3.83. The van der Waals surface area contributed by atoms with Crippen LogP contribution in [0.25, 0.3) is 0 Å². The Hall–Kier alpha value is -1.55. The molecule has 0 aliphatic heterocycles. The SMILES string of the molecule is C=C(C)C(=O)Oc1ccc(SC(=O)C(C)(C)C)cc1. The van der Waals surface area contributed by atoms with Gasteiger partial charge in [-0.05, 0) is 31.2 Å². The molecule has 0 atom stereocenters. The van der Waals surface area contributed by atoms with Gasteiger partial charge in [-0.25, -0.2) is 4.79 Å². The normalized spacial score (nSPS) is 10.9. The lowest BCUT2D eigenvalue weighted by atomic mass is 10.00. The van der Waals surface area contributed by atoms with E-state index in [4.69, 9.17) is 4.74 Å². The quantitative estimate of drug-likeness (QED) is 0.365. The van der Waals surface area contributed by atoms with E-state index in [0.29, 0.717) is 11.3 Å². The Morgan fingerprint density at radius 2 is 1.68 bits per heavy atom. The zero-order valence-corrected chi connectivity index (χ0v) is 12.5. The molecule has 0 amide bonds. The summed E-state index contributed by atoms with van der Waals surface area (Å²) in [7, 11) is 0. The van der Waals surface area contributed by atoms with Crippen molar-refractivity contribution in [3.05, 3.63) is 36.4 Å². The maximum atomic E-state index is 11.9. The van der Waals surface area contributed by atoms with Crippen LogP contribution in [0.5, 0.6) is 5.75 Å². The molecular weight excluding hydrogens is 260 g/mol.